The number of carbonyl (C=O) groups excluding carboxylic acids is 3. The largest absolute Gasteiger partial charge is 0.339 e. The smallest absolute Gasteiger partial charge is 0.258 e. The van der Waals surface area contributed by atoms with Gasteiger partial charge in [0.2, 0.25) is 5.91 Å². The number of hydrogen-bond donors (Lipinski definition) is 0. The Labute approximate surface area is 148 Å². The lowest BCUT2D eigenvalue weighted by Gasteiger charge is -2.34. The molecule has 1 atom stereocenters. The molecule has 0 bridgehead atoms. The second-order valence-corrected chi connectivity index (χ2v) is 7.22. The van der Waals surface area contributed by atoms with Crippen LogP contribution in [0.2, 0.25) is 0 Å². The van der Waals surface area contributed by atoms with Gasteiger partial charge in [0.25, 0.3) is 11.8 Å². The fourth-order valence-electron chi connectivity index (χ4n) is 3.34. The quantitative estimate of drug-likeness (QED) is 0.718. The highest BCUT2D eigenvalue weighted by atomic mass is 32.2. The number of rotatable bonds is 1. The Balaban J connectivity index is 1.61. The van der Waals surface area contributed by atoms with Crippen LogP contribution in [-0.4, -0.2) is 53.7 Å². The fraction of sp³-hybridized carbons (Fsp3) is 0.333. The molecule has 0 spiro atoms. The molecule has 3 amide bonds. The van der Waals surface area contributed by atoms with E-state index in [9.17, 15) is 14.4 Å². The van der Waals surface area contributed by atoms with Gasteiger partial charge in [-0.1, -0.05) is 12.1 Å². The van der Waals surface area contributed by atoms with E-state index in [2.05, 4.69) is 4.99 Å². The van der Waals surface area contributed by atoms with Gasteiger partial charge in [-0.05, 0) is 17.5 Å². The van der Waals surface area contributed by atoms with E-state index in [0.717, 1.165) is 10.1 Å². The molecule has 4 rings (SSSR count). The molecular weight excluding hydrogens is 338 g/mol. The second kappa shape index (κ2) is 6.15. The van der Waals surface area contributed by atoms with Crippen LogP contribution in [0.3, 0.4) is 0 Å². The van der Waals surface area contributed by atoms with E-state index in [4.69, 9.17) is 0 Å². The summed E-state index contributed by atoms with van der Waals surface area (Å²) < 4.78 is 0. The van der Waals surface area contributed by atoms with Crippen LogP contribution in [0.15, 0.2) is 34.7 Å². The van der Waals surface area contributed by atoms with Gasteiger partial charge in [0.05, 0.1) is 11.3 Å². The van der Waals surface area contributed by atoms with Crippen LogP contribution in [0.1, 0.15) is 17.3 Å². The van der Waals surface area contributed by atoms with E-state index in [1.807, 2.05) is 17.6 Å². The number of carbonyl (C=O) groups is 3. The van der Waals surface area contributed by atoms with Crippen LogP contribution < -0.4 is 10.6 Å². The molecule has 1 unspecified atom stereocenters. The van der Waals surface area contributed by atoms with Crippen molar-refractivity contribution in [1.29, 1.82) is 0 Å². The molecule has 0 aliphatic carbocycles. The third-order valence-electron chi connectivity index (χ3n) is 4.77. The van der Waals surface area contributed by atoms with Crippen molar-refractivity contribution in [2.24, 2.45) is 10.9 Å². The van der Waals surface area contributed by atoms with E-state index < -0.39 is 0 Å². The van der Waals surface area contributed by atoms with E-state index in [1.165, 1.54) is 0 Å². The first kappa shape index (κ1) is 16.1. The summed E-state index contributed by atoms with van der Waals surface area (Å²) in [6.45, 7) is 3.68. The average Bonchev–Trinajstić information content (AvgIpc) is 3.11. The molecular formula is C18H17N3O3S. The Morgan fingerprint density at radius 2 is 1.88 bits per heavy atom. The van der Waals surface area contributed by atoms with Gasteiger partial charge in [0.15, 0.2) is 0 Å². The van der Waals surface area contributed by atoms with Crippen LogP contribution in [0, 0.1) is 5.92 Å². The van der Waals surface area contributed by atoms with Gasteiger partial charge in [-0.3, -0.25) is 14.4 Å². The SMILES string of the molecule is CC(=O)N1CCN(C(=O)c2ccc3c(c2)=NC(=O)C2C=CSC=32)CC1. The Kier molecular flexibility index (Phi) is 3.95. The molecule has 0 saturated carbocycles. The Morgan fingerprint density at radius 3 is 2.60 bits per heavy atom. The molecule has 3 aliphatic heterocycles. The average molecular weight is 355 g/mol. The minimum Gasteiger partial charge on any atom is -0.339 e. The molecule has 0 aromatic heterocycles. The van der Waals surface area contributed by atoms with Crippen molar-refractivity contribution >= 4 is 34.4 Å². The van der Waals surface area contributed by atoms with Gasteiger partial charge in [-0.25, -0.2) is 4.99 Å². The summed E-state index contributed by atoms with van der Waals surface area (Å²) in [7, 11) is 0. The summed E-state index contributed by atoms with van der Waals surface area (Å²) in [6.07, 6.45) is 1.86. The summed E-state index contributed by atoms with van der Waals surface area (Å²) >= 11 is 1.54. The van der Waals surface area contributed by atoms with Crippen LogP contribution in [0.5, 0.6) is 0 Å². The maximum absolute atomic E-state index is 12.7. The first-order valence-electron chi connectivity index (χ1n) is 8.19. The molecule has 6 nitrogen and oxygen atoms in total. The molecule has 0 radical (unpaired) electrons. The van der Waals surface area contributed by atoms with Gasteiger partial charge in [0.1, 0.15) is 0 Å². The van der Waals surface area contributed by atoms with E-state index in [0.29, 0.717) is 37.1 Å². The number of amides is 3. The summed E-state index contributed by atoms with van der Waals surface area (Å²) in [4.78, 5) is 44.9. The van der Waals surface area contributed by atoms with Gasteiger partial charge in [0, 0.05) is 48.8 Å². The zero-order valence-corrected chi connectivity index (χ0v) is 14.6. The van der Waals surface area contributed by atoms with E-state index in [1.54, 1.807) is 40.6 Å². The van der Waals surface area contributed by atoms with Crippen molar-refractivity contribution in [1.82, 2.24) is 9.80 Å². The lowest BCUT2D eigenvalue weighted by Crippen LogP contribution is -2.50. The van der Waals surface area contributed by atoms with Crippen LogP contribution >= 0.6 is 11.8 Å². The molecule has 1 aromatic carbocycles. The molecule has 25 heavy (non-hydrogen) atoms. The molecule has 3 aliphatic rings. The van der Waals surface area contributed by atoms with Crippen LogP contribution in [0.4, 0.5) is 0 Å². The molecule has 3 heterocycles. The zero-order valence-electron chi connectivity index (χ0n) is 13.8. The number of piperazine rings is 1. The predicted molar refractivity (Wildman–Crippen MR) is 94.0 cm³/mol. The highest BCUT2D eigenvalue weighted by Crippen LogP contribution is 2.35. The highest BCUT2D eigenvalue weighted by molar-refractivity contribution is 8.10. The number of nitrogens with zero attached hydrogens (tertiary/aromatic N) is 3. The third kappa shape index (κ3) is 2.78. The topological polar surface area (TPSA) is 70.1 Å². The van der Waals surface area contributed by atoms with Gasteiger partial charge >= 0.3 is 0 Å². The monoisotopic (exact) mass is 355 g/mol. The first-order chi connectivity index (χ1) is 12.0. The summed E-state index contributed by atoms with van der Waals surface area (Å²) in [6, 6.07) is 5.38. The Bertz CT molecular complexity index is 929. The standard InChI is InChI=1S/C18H17N3O3S/c1-11(22)20-5-7-21(8-6-20)18(24)12-2-3-13-15(10-12)19-17(23)14-4-9-25-16(13)14/h2-4,9-10,14H,5-8H2,1H3. The van der Waals surface area contributed by atoms with Gasteiger partial charge < -0.3 is 9.80 Å². The number of hydrogen-bond acceptors (Lipinski definition) is 4. The van der Waals surface area contributed by atoms with Crippen molar-refractivity contribution in [3.63, 3.8) is 0 Å². The molecule has 1 aromatic rings. The van der Waals surface area contributed by atoms with E-state index in [-0.39, 0.29) is 23.6 Å². The van der Waals surface area contributed by atoms with Crippen molar-refractivity contribution in [3.8, 4) is 0 Å². The molecule has 0 N–H and O–H groups in total. The third-order valence-corrected chi connectivity index (χ3v) is 5.79. The Morgan fingerprint density at radius 1 is 1.16 bits per heavy atom. The normalized spacial score (nSPS) is 21.7. The maximum atomic E-state index is 12.7. The molecule has 128 valence electrons. The number of benzene rings is 1. The maximum Gasteiger partial charge on any atom is 0.258 e. The lowest BCUT2D eigenvalue weighted by molar-refractivity contribution is -0.130. The summed E-state index contributed by atoms with van der Waals surface area (Å²) in [5.74, 6) is -0.493. The van der Waals surface area contributed by atoms with Crippen molar-refractivity contribution < 1.29 is 14.4 Å². The highest BCUT2D eigenvalue weighted by Gasteiger charge is 2.28. The minimum absolute atomic E-state index is 0.0347. The summed E-state index contributed by atoms with van der Waals surface area (Å²) in [5.41, 5.74) is 0.529. The number of fused-ring (bicyclic) bond motifs is 2. The van der Waals surface area contributed by atoms with Crippen LogP contribution in [-0.2, 0) is 9.59 Å². The molecule has 1 saturated heterocycles. The zero-order chi connectivity index (χ0) is 17.6. The van der Waals surface area contributed by atoms with Crippen molar-refractivity contribution in [3.05, 3.63) is 45.8 Å². The van der Waals surface area contributed by atoms with Crippen LogP contribution in [0.25, 0.3) is 4.91 Å². The molecule has 7 heteroatoms. The number of thioether (sulfide) groups is 1. The molecule has 1 fully saturated rings. The second-order valence-electron chi connectivity index (χ2n) is 6.27. The first-order valence-corrected chi connectivity index (χ1v) is 9.07. The predicted octanol–water partition coefficient (Wildman–Crippen LogP) is 0.136. The van der Waals surface area contributed by atoms with Gasteiger partial charge in [-0.15, -0.1) is 11.8 Å². The van der Waals surface area contributed by atoms with Gasteiger partial charge in [-0.2, -0.15) is 0 Å². The summed E-state index contributed by atoms with van der Waals surface area (Å²) in [5, 5.41) is 3.41. The fourth-order valence-corrected chi connectivity index (χ4v) is 4.35. The van der Waals surface area contributed by atoms with Crippen molar-refractivity contribution in [2.45, 2.75) is 6.92 Å². The minimum atomic E-state index is -0.265. The Hall–Kier alpha value is -2.41. The van der Waals surface area contributed by atoms with Crippen molar-refractivity contribution in [2.75, 3.05) is 26.2 Å². The lowest BCUT2D eigenvalue weighted by atomic mass is 10.0. The van der Waals surface area contributed by atoms with E-state index >= 15 is 0 Å².